The molecule has 2 N–H and O–H groups in total. The van der Waals surface area contributed by atoms with E-state index in [1.165, 1.54) is 11.6 Å². The smallest absolute Gasteiger partial charge is 0.250 e. The SMILES string of the molecule is Cc1ccc(/C=C/C(=O)NC(=S)Nc2ccccc2)cc1. The maximum absolute atomic E-state index is 11.8. The number of nitrogens with one attached hydrogen (secondary N) is 2. The molecule has 0 unspecified atom stereocenters. The van der Waals surface area contributed by atoms with E-state index < -0.39 is 0 Å². The first-order chi connectivity index (χ1) is 10.1. The van der Waals surface area contributed by atoms with Crippen LogP contribution in [0.2, 0.25) is 0 Å². The molecular weight excluding hydrogens is 280 g/mol. The second-order valence-corrected chi connectivity index (χ2v) is 4.96. The highest BCUT2D eigenvalue weighted by atomic mass is 32.1. The molecule has 2 aromatic carbocycles. The Morgan fingerprint density at radius 2 is 1.71 bits per heavy atom. The van der Waals surface area contributed by atoms with E-state index in [-0.39, 0.29) is 11.0 Å². The zero-order chi connectivity index (χ0) is 15.1. The van der Waals surface area contributed by atoms with Gasteiger partial charge in [0.2, 0.25) is 5.91 Å². The molecule has 0 aliphatic rings. The van der Waals surface area contributed by atoms with Gasteiger partial charge in [0.25, 0.3) is 0 Å². The molecule has 0 spiro atoms. The molecule has 3 nitrogen and oxygen atoms in total. The number of amides is 1. The summed E-state index contributed by atoms with van der Waals surface area (Å²) in [7, 11) is 0. The fourth-order valence-corrected chi connectivity index (χ4v) is 1.91. The van der Waals surface area contributed by atoms with E-state index in [0.717, 1.165) is 11.3 Å². The highest BCUT2D eigenvalue weighted by Crippen LogP contribution is 2.05. The van der Waals surface area contributed by atoms with E-state index in [2.05, 4.69) is 10.6 Å². The van der Waals surface area contributed by atoms with Gasteiger partial charge < -0.3 is 5.32 Å². The Kier molecular flexibility index (Phi) is 5.23. The minimum Gasteiger partial charge on any atom is -0.332 e. The topological polar surface area (TPSA) is 41.1 Å². The van der Waals surface area contributed by atoms with Gasteiger partial charge in [-0.1, -0.05) is 48.0 Å². The third-order valence-corrected chi connectivity index (χ3v) is 2.98. The zero-order valence-corrected chi connectivity index (χ0v) is 12.5. The van der Waals surface area contributed by atoms with Gasteiger partial charge in [-0.15, -0.1) is 0 Å². The molecule has 0 aromatic heterocycles. The Morgan fingerprint density at radius 1 is 1.05 bits per heavy atom. The summed E-state index contributed by atoms with van der Waals surface area (Å²) in [5, 5.41) is 5.83. The number of para-hydroxylation sites is 1. The number of thiocarbonyl (C=S) groups is 1. The third kappa shape index (κ3) is 5.20. The van der Waals surface area contributed by atoms with Gasteiger partial charge >= 0.3 is 0 Å². The molecule has 0 heterocycles. The molecule has 1 amide bonds. The Bertz CT molecular complexity index is 648. The lowest BCUT2D eigenvalue weighted by atomic mass is 10.1. The van der Waals surface area contributed by atoms with Crippen molar-refractivity contribution in [1.29, 1.82) is 0 Å². The normalized spacial score (nSPS) is 10.3. The largest absolute Gasteiger partial charge is 0.332 e. The van der Waals surface area contributed by atoms with Crippen LogP contribution in [0.25, 0.3) is 6.08 Å². The van der Waals surface area contributed by atoms with Crippen LogP contribution in [0.3, 0.4) is 0 Å². The monoisotopic (exact) mass is 296 g/mol. The van der Waals surface area contributed by atoms with Crippen molar-refractivity contribution < 1.29 is 4.79 Å². The summed E-state index contributed by atoms with van der Waals surface area (Å²) < 4.78 is 0. The number of rotatable bonds is 3. The molecule has 0 aliphatic carbocycles. The van der Waals surface area contributed by atoms with Crippen molar-refractivity contribution in [3.8, 4) is 0 Å². The standard InChI is InChI=1S/C17H16N2OS/c1-13-7-9-14(10-8-13)11-12-16(20)19-17(21)18-15-5-3-2-4-6-15/h2-12H,1H3,(H2,18,19,20,21)/b12-11+. The average Bonchev–Trinajstić information content (AvgIpc) is 2.47. The van der Waals surface area contributed by atoms with Crippen molar-refractivity contribution in [3.05, 3.63) is 71.8 Å². The van der Waals surface area contributed by atoms with Gasteiger partial charge in [-0.25, -0.2) is 0 Å². The predicted molar refractivity (Wildman–Crippen MR) is 91.0 cm³/mol. The summed E-state index contributed by atoms with van der Waals surface area (Å²) in [6, 6.07) is 17.4. The van der Waals surface area contributed by atoms with Crippen LogP contribution >= 0.6 is 12.2 Å². The van der Waals surface area contributed by atoms with E-state index in [4.69, 9.17) is 12.2 Å². The molecule has 2 aromatic rings. The summed E-state index contributed by atoms with van der Waals surface area (Å²) in [5.74, 6) is -0.260. The third-order valence-electron chi connectivity index (χ3n) is 2.77. The van der Waals surface area contributed by atoms with Gasteiger partial charge in [0.1, 0.15) is 0 Å². The van der Waals surface area contributed by atoms with Crippen molar-refractivity contribution in [2.75, 3.05) is 5.32 Å². The fourth-order valence-electron chi connectivity index (χ4n) is 1.69. The van der Waals surface area contributed by atoms with Crippen molar-refractivity contribution in [1.82, 2.24) is 5.32 Å². The second kappa shape index (κ2) is 7.36. The van der Waals surface area contributed by atoms with E-state index in [0.29, 0.717) is 0 Å². The molecule has 0 radical (unpaired) electrons. The number of carbonyl (C=O) groups is 1. The summed E-state index contributed by atoms with van der Waals surface area (Å²) >= 11 is 5.08. The minimum atomic E-state index is -0.260. The molecule has 21 heavy (non-hydrogen) atoms. The number of benzene rings is 2. The lowest BCUT2D eigenvalue weighted by molar-refractivity contribution is -0.115. The second-order valence-electron chi connectivity index (χ2n) is 4.55. The van der Waals surface area contributed by atoms with Gasteiger partial charge in [0.05, 0.1) is 0 Å². The lowest BCUT2D eigenvalue weighted by Crippen LogP contribution is -2.32. The molecule has 0 bridgehead atoms. The number of aryl methyl sites for hydroxylation is 1. The lowest BCUT2D eigenvalue weighted by Gasteiger charge is -2.07. The number of anilines is 1. The predicted octanol–water partition coefficient (Wildman–Crippen LogP) is 3.52. The molecule has 0 saturated heterocycles. The Morgan fingerprint density at radius 3 is 2.38 bits per heavy atom. The van der Waals surface area contributed by atoms with E-state index in [9.17, 15) is 4.79 Å². The van der Waals surface area contributed by atoms with Crippen LogP contribution in [0.1, 0.15) is 11.1 Å². The van der Waals surface area contributed by atoms with Crippen LogP contribution in [-0.2, 0) is 4.79 Å². The molecule has 4 heteroatoms. The first-order valence-corrected chi connectivity index (χ1v) is 6.96. The molecule has 0 aliphatic heterocycles. The van der Waals surface area contributed by atoms with Crippen molar-refractivity contribution in [3.63, 3.8) is 0 Å². The van der Waals surface area contributed by atoms with Crippen LogP contribution in [0.5, 0.6) is 0 Å². The van der Waals surface area contributed by atoms with Crippen LogP contribution in [0.15, 0.2) is 60.7 Å². The Hall–Kier alpha value is -2.46. The molecule has 2 rings (SSSR count). The molecule has 0 saturated carbocycles. The van der Waals surface area contributed by atoms with Gasteiger partial charge in [0.15, 0.2) is 5.11 Å². The first-order valence-electron chi connectivity index (χ1n) is 6.55. The quantitative estimate of drug-likeness (QED) is 0.672. The van der Waals surface area contributed by atoms with E-state index >= 15 is 0 Å². The average molecular weight is 296 g/mol. The van der Waals surface area contributed by atoms with Crippen molar-refractivity contribution in [2.45, 2.75) is 6.92 Å². The summed E-state index contributed by atoms with van der Waals surface area (Å²) in [6.45, 7) is 2.02. The highest BCUT2D eigenvalue weighted by molar-refractivity contribution is 7.80. The first kappa shape index (κ1) is 14.9. The maximum Gasteiger partial charge on any atom is 0.250 e. The van der Waals surface area contributed by atoms with Gasteiger partial charge in [-0.05, 0) is 42.9 Å². The van der Waals surface area contributed by atoms with Gasteiger partial charge in [-0.2, -0.15) is 0 Å². The van der Waals surface area contributed by atoms with Crippen molar-refractivity contribution >= 4 is 35.0 Å². The Labute approximate surface area is 129 Å². The molecular formula is C17H16N2OS. The molecule has 0 atom stereocenters. The van der Waals surface area contributed by atoms with Crippen LogP contribution < -0.4 is 10.6 Å². The van der Waals surface area contributed by atoms with Gasteiger partial charge in [-0.3, -0.25) is 10.1 Å². The van der Waals surface area contributed by atoms with Crippen LogP contribution in [-0.4, -0.2) is 11.0 Å². The molecule has 0 fully saturated rings. The van der Waals surface area contributed by atoms with Gasteiger partial charge in [0, 0.05) is 11.8 Å². The fraction of sp³-hybridized carbons (Fsp3) is 0.0588. The number of hydrogen-bond donors (Lipinski definition) is 2. The van der Waals surface area contributed by atoms with Crippen LogP contribution in [0, 0.1) is 6.92 Å². The summed E-state index contributed by atoms with van der Waals surface area (Å²) in [6.07, 6.45) is 3.21. The van der Waals surface area contributed by atoms with Crippen LogP contribution in [0.4, 0.5) is 5.69 Å². The van der Waals surface area contributed by atoms with E-state index in [1.807, 2.05) is 61.5 Å². The zero-order valence-electron chi connectivity index (χ0n) is 11.7. The number of hydrogen-bond acceptors (Lipinski definition) is 2. The summed E-state index contributed by atoms with van der Waals surface area (Å²) in [5.41, 5.74) is 2.99. The highest BCUT2D eigenvalue weighted by Gasteiger charge is 2.00. The van der Waals surface area contributed by atoms with Crippen molar-refractivity contribution in [2.24, 2.45) is 0 Å². The maximum atomic E-state index is 11.8. The Balaban J connectivity index is 1.86. The molecule has 106 valence electrons. The summed E-state index contributed by atoms with van der Waals surface area (Å²) in [4.78, 5) is 11.8. The minimum absolute atomic E-state index is 0.260. The number of carbonyl (C=O) groups excluding carboxylic acids is 1. The van der Waals surface area contributed by atoms with E-state index in [1.54, 1.807) is 6.08 Å².